The molecule has 3 aromatic rings. The third-order valence-electron chi connectivity index (χ3n) is 4.96. The first-order valence-corrected chi connectivity index (χ1v) is 9.82. The summed E-state index contributed by atoms with van der Waals surface area (Å²) in [5.41, 5.74) is -0.689. The molecule has 9 heteroatoms. The number of aromatic nitrogens is 3. The van der Waals surface area contributed by atoms with Gasteiger partial charge in [-0.05, 0) is 42.7 Å². The van der Waals surface area contributed by atoms with Crippen molar-refractivity contribution in [2.75, 3.05) is 14.2 Å². The lowest BCUT2D eigenvalue weighted by atomic mass is 10.2. The highest BCUT2D eigenvalue weighted by Crippen LogP contribution is 2.19. The Morgan fingerprint density at radius 2 is 1.74 bits per heavy atom. The minimum Gasteiger partial charge on any atom is -0.497 e. The Morgan fingerprint density at radius 1 is 1.06 bits per heavy atom. The van der Waals surface area contributed by atoms with Gasteiger partial charge in [0, 0.05) is 12.1 Å². The van der Waals surface area contributed by atoms with Crippen LogP contribution in [0.4, 0.5) is 0 Å². The van der Waals surface area contributed by atoms with E-state index in [0.717, 1.165) is 22.1 Å². The van der Waals surface area contributed by atoms with Gasteiger partial charge in [0.05, 0.1) is 26.5 Å². The third-order valence-corrected chi connectivity index (χ3v) is 4.96. The van der Waals surface area contributed by atoms with Gasteiger partial charge in [-0.1, -0.05) is 18.2 Å². The van der Waals surface area contributed by atoms with E-state index >= 15 is 0 Å². The smallest absolute Gasteiger partial charge is 0.352 e. The average molecular weight is 422 g/mol. The number of hydrogen-bond donors (Lipinski definition) is 1. The molecular formula is C22H22N4O5. The van der Waals surface area contributed by atoms with E-state index in [0.29, 0.717) is 22.7 Å². The summed E-state index contributed by atoms with van der Waals surface area (Å²) in [6.07, 6.45) is 1.72. The molecule has 0 saturated heterocycles. The fourth-order valence-electron chi connectivity index (χ4n) is 3.14. The van der Waals surface area contributed by atoms with Gasteiger partial charge in [0.25, 0.3) is 11.5 Å². The zero-order chi connectivity index (χ0) is 22.0. The van der Waals surface area contributed by atoms with Crippen molar-refractivity contribution >= 4 is 5.91 Å². The zero-order valence-electron chi connectivity index (χ0n) is 17.2. The minimum absolute atomic E-state index is 0.0366. The van der Waals surface area contributed by atoms with Gasteiger partial charge in [-0.3, -0.25) is 14.2 Å². The maximum atomic E-state index is 13.2. The summed E-state index contributed by atoms with van der Waals surface area (Å²) in [4.78, 5) is 39.0. The van der Waals surface area contributed by atoms with Crippen molar-refractivity contribution in [1.82, 2.24) is 19.7 Å². The summed E-state index contributed by atoms with van der Waals surface area (Å²) in [7, 11) is 3.04. The largest absolute Gasteiger partial charge is 0.497 e. The number of methoxy groups -OCH3 is 2. The Kier molecular flexibility index (Phi) is 5.57. The van der Waals surface area contributed by atoms with Crippen molar-refractivity contribution in [2.24, 2.45) is 0 Å². The van der Waals surface area contributed by atoms with E-state index < -0.39 is 17.2 Å². The van der Waals surface area contributed by atoms with Crippen molar-refractivity contribution in [3.63, 3.8) is 0 Å². The summed E-state index contributed by atoms with van der Waals surface area (Å²) in [5.74, 6) is 0.517. The molecule has 0 atom stereocenters. The molecule has 1 saturated carbocycles. The summed E-state index contributed by atoms with van der Waals surface area (Å²) in [6, 6.07) is 13.8. The number of benzene rings is 2. The molecule has 1 N–H and O–H groups in total. The van der Waals surface area contributed by atoms with Crippen LogP contribution in [-0.4, -0.2) is 40.5 Å². The molecule has 1 aromatic heterocycles. The van der Waals surface area contributed by atoms with Crippen LogP contribution in [0, 0.1) is 0 Å². The standard InChI is InChI=1S/C22H22N4O5/c1-30-17-7-3-5-14(11-17)13-25-21(28)19(20(27)23-15-9-10-15)24-26(22(25)29)16-6-4-8-18(12-16)31-2/h3-8,11-12,15H,9-10,13H2,1-2H3,(H,23,27). The van der Waals surface area contributed by atoms with Crippen molar-refractivity contribution in [3.8, 4) is 17.2 Å². The minimum atomic E-state index is -0.745. The molecule has 1 aliphatic carbocycles. The summed E-state index contributed by atoms with van der Waals surface area (Å²) < 4.78 is 12.5. The molecule has 160 valence electrons. The molecule has 2 aromatic carbocycles. The predicted molar refractivity (Wildman–Crippen MR) is 113 cm³/mol. The van der Waals surface area contributed by atoms with Crippen LogP contribution in [0.25, 0.3) is 5.69 Å². The van der Waals surface area contributed by atoms with Crippen LogP contribution in [0.2, 0.25) is 0 Å². The van der Waals surface area contributed by atoms with E-state index in [1.807, 2.05) is 0 Å². The van der Waals surface area contributed by atoms with Gasteiger partial charge < -0.3 is 14.8 Å². The predicted octanol–water partition coefficient (Wildman–Crippen LogP) is 1.35. The van der Waals surface area contributed by atoms with E-state index in [4.69, 9.17) is 9.47 Å². The number of nitrogens with one attached hydrogen (secondary N) is 1. The second-order valence-electron chi connectivity index (χ2n) is 7.24. The lowest BCUT2D eigenvalue weighted by Gasteiger charge is -2.13. The molecular weight excluding hydrogens is 400 g/mol. The molecule has 9 nitrogen and oxygen atoms in total. The van der Waals surface area contributed by atoms with Crippen LogP contribution in [0.1, 0.15) is 28.9 Å². The molecule has 0 radical (unpaired) electrons. The number of amides is 1. The Balaban J connectivity index is 1.86. The number of hydrogen-bond acceptors (Lipinski definition) is 6. The van der Waals surface area contributed by atoms with Gasteiger partial charge in [-0.25, -0.2) is 4.79 Å². The molecule has 1 heterocycles. The second-order valence-corrected chi connectivity index (χ2v) is 7.24. The topological polar surface area (TPSA) is 104 Å². The van der Waals surface area contributed by atoms with Gasteiger partial charge in [0.1, 0.15) is 11.5 Å². The first kappa shape index (κ1) is 20.4. The molecule has 1 amide bonds. The molecule has 4 rings (SSSR count). The van der Waals surface area contributed by atoms with E-state index in [1.54, 1.807) is 48.5 Å². The summed E-state index contributed by atoms with van der Waals surface area (Å²) in [5, 5.41) is 6.88. The SMILES string of the molecule is COc1cccc(Cn2c(=O)c(C(=O)NC3CC3)nn(-c3cccc(OC)c3)c2=O)c1. The van der Waals surface area contributed by atoms with Gasteiger partial charge in [0.15, 0.2) is 0 Å². The second kappa shape index (κ2) is 8.47. The van der Waals surface area contributed by atoms with Crippen LogP contribution in [0.15, 0.2) is 58.1 Å². The molecule has 31 heavy (non-hydrogen) atoms. The Hall–Kier alpha value is -3.88. The fourth-order valence-corrected chi connectivity index (χ4v) is 3.14. The number of nitrogens with zero attached hydrogens (tertiary/aromatic N) is 3. The Morgan fingerprint density at radius 3 is 2.42 bits per heavy atom. The van der Waals surface area contributed by atoms with Gasteiger partial charge >= 0.3 is 5.69 Å². The Bertz CT molecular complexity index is 1240. The van der Waals surface area contributed by atoms with Crippen LogP contribution < -0.4 is 26.0 Å². The number of ether oxygens (including phenoxy) is 2. The molecule has 0 aliphatic heterocycles. The van der Waals surface area contributed by atoms with Crippen molar-refractivity contribution in [2.45, 2.75) is 25.4 Å². The fraction of sp³-hybridized carbons (Fsp3) is 0.273. The summed E-state index contributed by atoms with van der Waals surface area (Å²) >= 11 is 0. The number of carbonyl (C=O) groups excluding carboxylic acids is 1. The molecule has 0 spiro atoms. The van der Waals surface area contributed by atoms with Crippen molar-refractivity contribution in [1.29, 1.82) is 0 Å². The third kappa shape index (κ3) is 4.35. The normalized spacial score (nSPS) is 13.0. The van der Waals surface area contributed by atoms with E-state index in [2.05, 4.69) is 10.4 Å². The maximum Gasteiger partial charge on any atom is 0.352 e. The van der Waals surface area contributed by atoms with E-state index in [9.17, 15) is 14.4 Å². The van der Waals surface area contributed by atoms with Gasteiger partial charge in [-0.15, -0.1) is 0 Å². The summed E-state index contributed by atoms with van der Waals surface area (Å²) in [6.45, 7) is -0.0366. The van der Waals surface area contributed by atoms with E-state index in [1.165, 1.54) is 14.2 Å². The number of carbonyl (C=O) groups is 1. The van der Waals surface area contributed by atoms with Crippen LogP contribution >= 0.6 is 0 Å². The number of rotatable bonds is 7. The first-order chi connectivity index (χ1) is 15.0. The van der Waals surface area contributed by atoms with Crippen LogP contribution in [-0.2, 0) is 6.54 Å². The monoisotopic (exact) mass is 422 g/mol. The quantitative estimate of drug-likeness (QED) is 0.616. The zero-order valence-corrected chi connectivity index (χ0v) is 17.2. The highest BCUT2D eigenvalue weighted by Gasteiger charge is 2.27. The van der Waals surface area contributed by atoms with Crippen molar-refractivity contribution in [3.05, 3.63) is 80.6 Å². The maximum absolute atomic E-state index is 13.2. The highest BCUT2D eigenvalue weighted by atomic mass is 16.5. The lowest BCUT2D eigenvalue weighted by Crippen LogP contribution is -2.46. The molecule has 0 unspecified atom stereocenters. The molecule has 1 aliphatic rings. The molecule has 1 fully saturated rings. The highest BCUT2D eigenvalue weighted by molar-refractivity contribution is 5.92. The van der Waals surface area contributed by atoms with E-state index in [-0.39, 0.29) is 18.3 Å². The average Bonchev–Trinajstić information content (AvgIpc) is 3.60. The van der Waals surface area contributed by atoms with Crippen LogP contribution in [0.3, 0.4) is 0 Å². The van der Waals surface area contributed by atoms with Gasteiger partial charge in [-0.2, -0.15) is 9.78 Å². The Labute approximate surface area is 177 Å². The van der Waals surface area contributed by atoms with Gasteiger partial charge in [0.2, 0.25) is 5.69 Å². The first-order valence-electron chi connectivity index (χ1n) is 9.82. The molecule has 0 bridgehead atoms. The lowest BCUT2D eigenvalue weighted by molar-refractivity contribution is 0.0941. The van der Waals surface area contributed by atoms with Crippen LogP contribution in [0.5, 0.6) is 11.5 Å². The van der Waals surface area contributed by atoms with Crippen molar-refractivity contribution < 1.29 is 14.3 Å².